The van der Waals surface area contributed by atoms with E-state index in [9.17, 15) is 4.79 Å². The molecule has 3 nitrogen and oxygen atoms in total. The van der Waals surface area contributed by atoms with Gasteiger partial charge >= 0.3 is 0 Å². The number of hydrogen-bond donors (Lipinski definition) is 0. The fourth-order valence-electron chi connectivity index (χ4n) is 4.59. The number of benzene rings is 3. The molecule has 1 saturated carbocycles. The van der Waals surface area contributed by atoms with Crippen LogP contribution in [0, 0.1) is 0 Å². The normalized spacial score (nSPS) is 14.2. The third kappa shape index (κ3) is 5.80. The minimum Gasteiger partial charge on any atom is -0.489 e. The molecular weight excluding hydrogens is 426 g/mol. The molecule has 172 valence electrons. The average molecular weight is 460 g/mol. The van der Waals surface area contributed by atoms with Crippen molar-refractivity contribution in [2.45, 2.75) is 49.5 Å². The van der Waals surface area contributed by atoms with Crippen LogP contribution in [0.4, 0.5) is 0 Å². The van der Waals surface area contributed by atoms with Gasteiger partial charge < -0.3 is 9.64 Å². The van der Waals surface area contributed by atoms with Gasteiger partial charge in [-0.3, -0.25) is 4.79 Å². The summed E-state index contributed by atoms with van der Waals surface area (Å²) in [7, 11) is 3.56. The highest BCUT2D eigenvalue weighted by Gasteiger charge is 2.16. The molecule has 4 rings (SSSR count). The van der Waals surface area contributed by atoms with Gasteiger partial charge in [-0.1, -0.05) is 49.6 Å². The Kier molecular flexibility index (Phi) is 7.77. The molecule has 1 aliphatic carbocycles. The maximum absolute atomic E-state index is 12.6. The van der Waals surface area contributed by atoms with Gasteiger partial charge in [-0.15, -0.1) is 11.8 Å². The Hall–Kier alpha value is -2.72. The molecule has 0 bridgehead atoms. The highest BCUT2D eigenvalue weighted by Crippen LogP contribution is 2.34. The predicted octanol–water partition coefficient (Wildman–Crippen LogP) is 7.40. The van der Waals surface area contributed by atoms with E-state index in [1.165, 1.54) is 42.6 Å². The largest absolute Gasteiger partial charge is 0.489 e. The van der Waals surface area contributed by atoms with Gasteiger partial charge in [-0.05, 0) is 83.7 Å². The third-order valence-corrected chi connectivity index (χ3v) is 7.25. The summed E-state index contributed by atoms with van der Waals surface area (Å²) in [4.78, 5) is 15.4. The second kappa shape index (κ2) is 10.9. The summed E-state index contributed by atoms with van der Waals surface area (Å²) in [6.07, 6.45) is 8.72. The third-order valence-electron chi connectivity index (χ3n) is 6.51. The minimum absolute atomic E-state index is 0.00244. The van der Waals surface area contributed by atoms with E-state index in [4.69, 9.17) is 4.74 Å². The first kappa shape index (κ1) is 23.4. The molecule has 4 heteroatoms. The van der Waals surface area contributed by atoms with Crippen molar-refractivity contribution in [1.82, 2.24) is 4.90 Å². The van der Waals surface area contributed by atoms with E-state index >= 15 is 0 Å². The van der Waals surface area contributed by atoms with Gasteiger partial charge in [0.2, 0.25) is 0 Å². The Bertz CT molecular complexity index is 1070. The molecule has 0 unspecified atom stereocenters. The lowest BCUT2D eigenvalue weighted by Gasteiger charge is -2.22. The van der Waals surface area contributed by atoms with Crippen LogP contribution in [-0.4, -0.2) is 31.2 Å². The number of carbonyl (C=O) groups excluding carboxylic acids is 1. The Labute approximate surface area is 202 Å². The zero-order valence-electron chi connectivity index (χ0n) is 19.8. The van der Waals surface area contributed by atoms with Crippen LogP contribution in [0.25, 0.3) is 11.1 Å². The summed E-state index contributed by atoms with van der Waals surface area (Å²) in [5.41, 5.74) is 5.33. The van der Waals surface area contributed by atoms with Crippen LogP contribution >= 0.6 is 11.8 Å². The highest BCUT2D eigenvalue weighted by molar-refractivity contribution is 7.98. The lowest BCUT2D eigenvalue weighted by molar-refractivity contribution is 0.0827. The van der Waals surface area contributed by atoms with Gasteiger partial charge in [0.25, 0.3) is 5.91 Å². The van der Waals surface area contributed by atoms with Gasteiger partial charge in [0, 0.05) is 24.6 Å². The quantitative estimate of drug-likeness (QED) is 0.345. The molecular formula is C29H33NO2S. The van der Waals surface area contributed by atoms with E-state index < -0.39 is 0 Å². The van der Waals surface area contributed by atoms with Crippen LogP contribution < -0.4 is 4.74 Å². The second-order valence-corrected chi connectivity index (χ2v) is 9.87. The number of amides is 1. The Morgan fingerprint density at radius 2 is 1.64 bits per heavy atom. The molecule has 1 fully saturated rings. The minimum atomic E-state index is -0.00244. The summed E-state index contributed by atoms with van der Waals surface area (Å²) in [6, 6.07) is 23.1. The zero-order valence-corrected chi connectivity index (χ0v) is 20.7. The molecule has 0 aromatic heterocycles. The van der Waals surface area contributed by atoms with E-state index in [2.05, 4.69) is 54.8 Å². The molecule has 0 aliphatic heterocycles. The van der Waals surface area contributed by atoms with E-state index in [0.717, 1.165) is 22.4 Å². The summed E-state index contributed by atoms with van der Waals surface area (Å²) < 4.78 is 6.21. The molecule has 0 saturated heterocycles. The van der Waals surface area contributed by atoms with Gasteiger partial charge in [0.1, 0.15) is 12.4 Å². The van der Waals surface area contributed by atoms with Crippen molar-refractivity contribution in [2.24, 2.45) is 0 Å². The van der Waals surface area contributed by atoms with E-state index in [-0.39, 0.29) is 5.91 Å². The van der Waals surface area contributed by atoms with Gasteiger partial charge in [0.05, 0.1) is 0 Å². The van der Waals surface area contributed by atoms with Crippen LogP contribution in [0.2, 0.25) is 0 Å². The lowest BCUT2D eigenvalue weighted by Crippen LogP contribution is -2.21. The van der Waals surface area contributed by atoms with E-state index in [1.54, 1.807) is 30.8 Å². The molecule has 0 N–H and O–H groups in total. The molecule has 1 amide bonds. The monoisotopic (exact) mass is 459 g/mol. The molecule has 3 aromatic rings. The first-order chi connectivity index (χ1) is 16.0. The van der Waals surface area contributed by atoms with Crippen LogP contribution in [0.3, 0.4) is 0 Å². The number of rotatable bonds is 7. The van der Waals surface area contributed by atoms with Crippen LogP contribution in [0.1, 0.15) is 59.5 Å². The number of ether oxygens (including phenoxy) is 1. The maximum atomic E-state index is 12.6. The molecule has 3 aromatic carbocycles. The number of carbonyl (C=O) groups is 1. The fraction of sp³-hybridized carbons (Fsp3) is 0.345. The molecule has 0 atom stereocenters. The zero-order chi connectivity index (χ0) is 23.2. The van der Waals surface area contributed by atoms with Crippen molar-refractivity contribution in [3.8, 4) is 16.9 Å². The maximum Gasteiger partial charge on any atom is 0.253 e. The first-order valence-electron chi connectivity index (χ1n) is 11.8. The van der Waals surface area contributed by atoms with E-state index in [0.29, 0.717) is 18.1 Å². The van der Waals surface area contributed by atoms with Crippen molar-refractivity contribution in [3.63, 3.8) is 0 Å². The Balaban J connectivity index is 1.56. The van der Waals surface area contributed by atoms with Crippen LogP contribution in [-0.2, 0) is 6.61 Å². The smallest absolute Gasteiger partial charge is 0.253 e. The van der Waals surface area contributed by atoms with E-state index in [1.807, 2.05) is 18.2 Å². The second-order valence-electron chi connectivity index (χ2n) is 8.99. The Morgan fingerprint density at radius 3 is 2.27 bits per heavy atom. The van der Waals surface area contributed by atoms with Crippen molar-refractivity contribution < 1.29 is 9.53 Å². The molecule has 1 aliphatic rings. The molecule has 0 spiro atoms. The SMILES string of the molecule is CSc1ccc(-c2ccc(C(=O)N(C)C)cc2COc2ccc(C3CCCCC3)cc2)cc1. The number of thioether (sulfide) groups is 1. The topological polar surface area (TPSA) is 29.5 Å². The van der Waals surface area contributed by atoms with Gasteiger partial charge in [-0.25, -0.2) is 0 Å². The van der Waals surface area contributed by atoms with Crippen molar-refractivity contribution >= 4 is 17.7 Å². The van der Waals surface area contributed by atoms with Crippen LogP contribution in [0.15, 0.2) is 71.6 Å². The standard InChI is InChI=1S/C29H33NO2S/c1-30(2)29(31)24-13-18-28(23-11-16-27(33-3)17-12-23)25(19-24)20-32-26-14-9-22(10-15-26)21-7-5-4-6-8-21/h9-19,21H,4-8,20H2,1-3H3. The summed E-state index contributed by atoms with van der Waals surface area (Å²) in [5, 5.41) is 0. The molecule has 0 heterocycles. The number of nitrogens with zero attached hydrogens (tertiary/aromatic N) is 1. The molecule has 33 heavy (non-hydrogen) atoms. The summed E-state index contributed by atoms with van der Waals surface area (Å²) >= 11 is 1.73. The summed E-state index contributed by atoms with van der Waals surface area (Å²) in [5.74, 6) is 1.55. The fourth-order valence-corrected chi connectivity index (χ4v) is 5.00. The van der Waals surface area contributed by atoms with Gasteiger partial charge in [-0.2, -0.15) is 0 Å². The van der Waals surface area contributed by atoms with Gasteiger partial charge in [0.15, 0.2) is 0 Å². The van der Waals surface area contributed by atoms with Crippen molar-refractivity contribution in [3.05, 3.63) is 83.4 Å². The van der Waals surface area contributed by atoms with Crippen LogP contribution in [0.5, 0.6) is 5.75 Å². The Morgan fingerprint density at radius 1 is 0.939 bits per heavy atom. The number of hydrogen-bond acceptors (Lipinski definition) is 3. The van der Waals surface area contributed by atoms with Crippen molar-refractivity contribution in [1.29, 1.82) is 0 Å². The lowest BCUT2D eigenvalue weighted by atomic mass is 9.84. The molecule has 0 radical (unpaired) electrons. The summed E-state index contributed by atoms with van der Waals surface area (Å²) in [6.45, 7) is 0.414. The van der Waals surface area contributed by atoms with Crippen molar-refractivity contribution in [2.75, 3.05) is 20.4 Å². The predicted molar refractivity (Wildman–Crippen MR) is 138 cm³/mol. The average Bonchev–Trinajstić information content (AvgIpc) is 2.87. The highest BCUT2D eigenvalue weighted by atomic mass is 32.2. The first-order valence-corrected chi connectivity index (χ1v) is 13.0.